The summed E-state index contributed by atoms with van der Waals surface area (Å²) >= 11 is 0. The topological polar surface area (TPSA) is 78.4 Å². The lowest BCUT2D eigenvalue weighted by Gasteiger charge is -2.22. The summed E-state index contributed by atoms with van der Waals surface area (Å²) in [5, 5.41) is 12.4. The number of aromatic carboxylic acids is 1. The quantitative estimate of drug-likeness (QED) is 0.766. The van der Waals surface area contributed by atoms with Gasteiger partial charge in [-0.25, -0.2) is 9.78 Å². The maximum Gasteiger partial charge on any atom is 0.337 e. The number of nitrogens with one attached hydrogen (secondary N) is 1. The van der Waals surface area contributed by atoms with Crippen molar-refractivity contribution in [3.05, 3.63) is 41.6 Å². The van der Waals surface area contributed by atoms with E-state index in [1.165, 1.54) is 0 Å². The molecule has 0 saturated carbocycles. The van der Waals surface area contributed by atoms with E-state index >= 15 is 0 Å². The summed E-state index contributed by atoms with van der Waals surface area (Å²) in [7, 11) is 0. The molecule has 24 heavy (non-hydrogen) atoms. The van der Waals surface area contributed by atoms with Crippen LogP contribution in [-0.4, -0.2) is 34.1 Å². The number of carbonyl (C=O) groups is 1. The molecule has 0 atom stereocenters. The van der Waals surface area contributed by atoms with Crippen LogP contribution in [0.15, 0.2) is 30.3 Å². The van der Waals surface area contributed by atoms with Crippen LogP contribution in [0, 0.1) is 6.92 Å². The van der Waals surface area contributed by atoms with Gasteiger partial charge in [-0.3, -0.25) is 0 Å². The summed E-state index contributed by atoms with van der Waals surface area (Å²) in [5.74, 6) is 0.306. The third kappa shape index (κ3) is 4.44. The van der Waals surface area contributed by atoms with E-state index in [0.29, 0.717) is 17.5 Å². The van der Waals surface area contributed by atoms with Crippen LogP contribution in [0.2, 0.25) is 0 Å². The van der Waals surface area contributed by atoms with E-state index in [1.807, 2.05) is 13.0 Å². The van der Waals surface area contributed by atoms with Crippen molar-refractivity contribution in [1.29, 1.82) is 0 Å². The lowest BCUT2D eigenvalue weighted by atomic mass is 10.2. The molecule has 2 N–H and O–H groups in total. The first-order valence-corrected chi connectivity index (χ1v) is 8.25. The van der Waals surface area contributed by atoms with E-state index < -0.39 is 5.97 Å². The fourth-order valence-electron chi connectivity index (χ4n) is 2.53. The van der Waals surface area contributed by atoms with Gasteiger partial charge in [-0.15, -0.1) is 0 Å². The van der Waals surface area contributed by atoms with Crippen molar-refractivity contribution >= 4 is 23.4 Å². The number of hydrogen-bond acceptors (Lipinski definition) is 5. The monoisotopic (exact) mass is 328 g/mol. The number of para-hydroxylation sites is 1. The summed E-state index contributed by atoms with van der Waals surface area (Å²) in [6.45, 7) is 7.95. The number of benzene rings is 1. The third-order valence-corrected chi connectivity index (χ3v) is 3.53. The standard InChI is InChI=1S/C18H24N4O2/c1-4-10-22(11-5-2)18-19-13(3)12-16(21-18)20-15-9-7-6-8-14(15)17(23)24/h6-9,12H,4-5,10-11H2,1-3H3,(H,23,24)(H,19,20,21). The Labute approximate surface area is 142 Å². The second-order valence-electron chi connectivity index (χ2n) is 5.66. The molecule has 0 radical (unpaired) electrons. The molecule has 0 aliphatic rings. The molecule has 128 valence electrons. The van der Waals surface area contributed by atoms with Crippen molar-refractivity contribution < 1.29 is 9.90 Å². The predicted molar refractivity (Wildman–Crippen MR) is 96.2 cm³/mol. The number of hydrogen-bond donors (Lipinski definition) is 2. The molecular formula is C18H24N4O2. The molecule has 0 bridgehead atoms. The average molecular weight is 328 g/mol. The highest BCUT2D eigenvalue weighted by atomic mass is 16.4. The number of nitrogens with zero attached hydrogens (tertiary/aromatic N) is 3. The van der Waals surface area contributed by atoms with Gasteiger partial charge in [0, 0.05) is 24.8 Å². The highest BCUT2D eigenvalue weighted by molar-refractivity contribution is 5.95. The molecule has 1 heterocycles. The summed E-state index contributed by atoms with van der Waals surface area (Å²) in [5.41, 5.74) is 1.58. The van der Waals surface area contributed by atoms with E-state index in [1.54, 1.807) is 24.3 Å². The number of aryl methyl sites for hydroxylation is 1. The van der Waals surface area contributed by atoms with Gasteiger partial charge in [-0.2, -0.15) is 4.98 Å². The Hall–Kier alpha value is -2.63. The second kappa shape index (κ2) is 8.29. The molecular weight excluding hydrogens is 304 g/mol. The first-order valence-electron chi connectivity index (χ1n) is 8.25. The molecule has 2 aromatic rings. The zero-order valence-corrected chi connectivity index (χ0v) is 14.4. The van der Waals surface area contributed by atoms with Crippen LogP contribution in [0.4, 0.5) is 17.5 Å². The minimum Gasteiger partial charge on any atom is -0.478 e. The highest BCUT2D eigenvalue weighted by Crippen LogP contribution is 2.22. The Morgan fingerprint density at radius 2 is 1.83 bits per heavy atom. The number of carboxylic acid groups (broad SMARTS) is 1. The number of carboxylic acids is 1. The van der Waals surface area contributed by atoms with Crippen molar-refractivity contribution in [3.63, 3.8) is 0 Å². The number of aromatic nitrogens is 2. The van der Waals surface area contributed by atoms with Crippen LogP contribution in [-0.2, 0) is 0 Å². The largest absolute Gasteiger partial charge is 0.478 e. The van der Waals surface area contributed by atoms with E-state index in [0.717, 1.165) is 31.6 Å². The van der Waals surface area contributed by atoms with Crippen molar-refractivity contribution in [2.45, 2.75) is 33.6 Å². The van der Waals surface area contributed by atoms with Gasteiger partial charge >= 0.3 is 5.97 Å². The molecule has 1 aromatic carbocycles. The van der Waals surface area contributed by atoms with Crippen LogP contribution in [0.25, 0.3) is 0 Å². The first-order chi connectivity index (χ1) is 11.5. The van der Waals surface area contributed by atoms with Gasteiger partial charge < -0.3 is 15.3 Å². The van der Waals surface area contributed by atoms with Crippen LogP contribution in [0.3, 0.4) is 0 Å². The van der Waals surface area contributed by atoms with Crippen molar-refractivity contribution in [2.24, 2.45) is 0 Å². The van der Waals surface area contributed by atoms with Gasteiger partial charge in [-0.1, -0.05) is 26.0 Å². The lowest BCUT2D eigenvalue weighted by molar-refractivity contribution is 0.0698. The normalized spacial score (nSPS) is 10.5. The lowest BCUT2D eigenvalue weighted by Crippen LogP contribution is -2.27. The Bertz CT molecular complexity index is 697. The van der Waals surface area contributed by atoms with Gasteiger partial charge in [0.2, 0.25) is 5.95 Å². The molecule has 0 spiro atoms. The van der Waals surface area contributed by atoms with Gasteiger partial charge in [-0.05, 0) is 31.9 Å². The van der Waals surface area contributed by atoms with Crippen LogP contribution >= 0.6 is 0 Å². The van der Waals surface area contributed by atoms with Crippen LogP contribution in [0.5, 0.6) is 0 Å². The Morgan fingerprint density at radius 3 is 2.46 bits per heavy atom. The minimum absolute atomic E-state index is 0.217. The van der Waals surface area contributed by atoms with Gasteiger partial charge in [0.15, 0.2) is 0 Å². The Morgan fingerprint density at radius 1 is 1.17 bits per heavy atom. The van der Waals surface area contributed by atoms with Crippen molar-refractivity contribution in [3.8, 4) is 0 Å². The number of anilines is 3. The summed E-state index contributed by atoms with van der Waals surface area (Å²) in [6, 6.07) is 8.62. The number of rotatable bonds is 8. The zero-order chi connectivity index (χ0) is 17.5. The van der Waals surface area contributed by atoms with E-state index in [9.17, 15) is 9.90 Å². The van der Waals surface area contributed by atoms with Crippen LogP contribution < -0.4 is 10.2 Å². The molecule has 1 aromatic heterocycles. The maximum absolute atomic E-state index is 11.3. The molecule has 6 heteroatoms. The average Bonchev–Trinajstić information content (AvgIpc) is 2.54. The Kier molecular flexibility index (Phi) is 6.12. The fourth-order valence-corrected chi connectivity index (χ4v) is 2.53. The zero-order valence-electron chi connectivity index (χ0n) is 14.4. The summed E-state index contributed by atoms with van der Waals surface area (Å²) < 4.78 is 0. The molecule has 0 unspecified atom stereocenters. The smallest absolute Gasteiger partial charge is 0.337 e. The van der Waals surface area contributed by atoms with E-state index in [4.69, 9.17) is 0 Å². The minimum atomic E-state index is -0.970. The summed E-state index contributed by atoms with van der Waals surface area (Å²) in [6.07, 6.45) is 2.03. The maximum atomic E-state index is 11.3. The molecule has 0 fully saturated rings. The van der Waals surface area contributed by atoms with Gasteiger partial charge in [0.25, 0.3) is 0 Å². The molecule has 0 aliphatic carbocycles. The molecule has 6 nitrogen and oxygen atoms in total. The van der Waals surface area contributed by atoms with Gasteiger partial charge in [0.05, 0.1) is 11.3 Å². The SMILES string of the molecule is CCCN(CCC)c1nc(C)cc(Nc2ccccc2C(=O)O)n1. The summed E-state index contributed by atoms with van der Waals surface area (Å²) in [4.78, 5) is 22.6. The first kappa shape index (κ1) is 17.7. The van der Waals surface area contributed by atoms with Crippen molar-refractivity contribution in [2.75, 3.05) is 23.3 Å². The predicted octanol–water partition coefficient (Wildman–Crippen LogP) is 3.85. The third-order valence-electron chi connectivity index (χ3n) is 3.53. The molecule has 2 rings (SSSR count). The van der Waals surface area contributed by atoms with E-state index in [2.05, 4.69) is 34.0 Å². The highest BCUT2D eigenvalue weighted by Gasteiger charge is 2.13. The Balaban J connectivity index is 2.33. The second-order valence-corrected chi connectivity index (χ2v) is 5.66. The van der Waals surface area contributed by atoms with Crippen LogP contribution in [0.1, 0.15) is 42.7 Å². The van der Waals surface area contributed by atoms with Gasteiger partial charge in [0.1, 0.15) is 5.82 Å². The van der Waals surface area contributed by atoms with E-state index in [-0.39, 0.29) is 5.56 Å². The molecule has 0 aliphatic heterocycles. The molecule has 0 saturated heterocycles. The van der Waals surface area contributed by atoms with Crippen molar-refractivity contribution in [1.82, 2.24) is 9.97 Å². The molecule has 0 amide bonds. The fraction of sp³-hybridized carbons (Fsp3) is 0.389.